The van der Waals surface area contributed by atoms with Crippen molar-refractivity contribution in [2.24, 2.45) is 11.5 Å². The van der Waals surface area contributed by atoms with Crippen LogP contribution in [0, 0.1) is 0 Å². The number of carbonyl (C=O) groups excluding carboxylic acids is 1. The topological polar surface area (TPSA) is 72.3 Å². The Balaban J connectivity index is 2.79. The maximum atomic E-state index is 10.9. The predicted molar refractivity (Wildman–Crippen MR) is 65.4 cm³/mol. The van der Waals surface area contributed by atoms with E-state index in [1.54, 1.807) is 12.1 Å². The van der Waals surface area contributed by atoms with Crippen LogP contribution in [-0.4, -0.2) is 30.9 Å². The number of amides is 1. The van der Waals surface area contributed by atoms with E-state index in [1.807, 2.05) is 13.1 Å². The summed E-state index contributed by atoms with van der Waals surface area (Å²) in [5.41, 5.74) is 12.0. The second kappa shape index (κ2) is 5.84. The van der Waals surface area contributed by atoms with Gasteiger partial charge in [0.05, 0.1) is 0 Å². The highest BCUT2D eigenvalue weighted by molar-refractivity contribution is 6.31. The molecule has 0 unspecified atom stereocenters. The van der Waals surface area contributed by atoms with Crippen molar-refractivity contribution in [1.29, 1.82) is 0 Å². The van der Waals surface area contributed by atoms with E-state index in [0.717, 1.165) is 12.1 Å². The highest BCUT2D eigenvalue weighted by atomic mass is 35.5. The molecule has 1 aromatic rings. The van der Waals surface area contributed by atoms with Crippen molar-refractivity contribution in [3.63, 3.8) is 0 Å². The Morgan fingerprint density at radius 3 is 2.69 bits per heavy atom. The normalized spacial score (nSPS) is 10.8. The first kappa shape index (κ1) is 13.0. The van der Waals surface area contributed by atoms with Gasteiger partial charge in [-0.15, -0.1) is 0 Å². The zero-order valence-corrected chi connectivity index (χ0v) is 10.00. The second-order valence-corrected chi connectivity index (χ2v) is 4.10. The van der Waals surface area contributed by atoms with Gasteiger partial charge in [0.15, 0.2) is 0 Å². The molecule has 1 aromatic carbocycles. The molecule has 4 nitrogen and oxygen atoms in total. The van der Waals surface area contributed by atoms with E-state index in [2.05, 4.69) is 4.90 Å². The fourth-order valence-corrected chi connectivity index (χ4v) is 1.66. The van der Waals surface area contributed by atoms with E-state index < -0.39 is 5.91 Å². The van der Waals surface area contributed by atoms with Crippen molar-refractivity contribution in [3.05, 3.63) is 34.3 Å². The number of hydrogen-bond acceptors (Lipinski definition) is 3. The molecule has 88 valence electrons. The van der Waals surface area contributed by atoms with Gasteiger partial charge in [0.2, 0.25) is 5.91 Å². The smallest absolute Gasteiger partial charge is 0.248 e. The van der Waals surface area contributed by atoms with Gasteiger partial charge in [-0.25, -0.2) is 0 Å². The molecule has 0 bridgehead atoms. The Bertz CT molecular complexity index is 381. The van der Waals surface area contributed by atoms with Crippen molar-refractivity contribution in [2.45, 2.75) is 6.54 Å². The van der Waals surface area contributed by atoms with E-state index >= 15 is 0 Å². The van der Waals surface area contributed by atoms with Crippen molar-refractivity contribution in [3.8, 4) is 0 Å². The van der Waals surface area contributed by atoms with Gasteiger partial charge in [0.1, 0.15) is 0 Å². The van der Waals surface area contributed by atoms with Crippen LogP contribution in [0.3, 0.4) is 0 Å². The molecule has 0 saturated carbocycles. The molecule has 0 atom stereocenters. The summed E-state index contributed by atoms with van der Waals surface area (Å²) in [5, 5.41) is 0.556. The molecule has 0 aliphatic carbocycles. The van der Waals surface area contributed by atoms with E-state index in [4.69, 9.17) is 23.1 Å². The third-order valence-electron chi connectivity index (χ3n) is 2.29. The summed E-state index contributed by atoms with van der Waals surface area (Å²) < 4.78 is 0. The molecule has 0 aliphatic rings. The number of nitrogens with two attached hydrogens (primary N) is 2. The quantitative estimate of drug-likeness (QED) is 0.802. The van der Waals surface area contributed by atoms with Crippen LogP contribution in [0.4, 0.5) is 0 Å². The van der Waals surface area contributed by atoms with Crippen molar-refractivity contribution in [1.82, 2.24) is 4.90 Å². The average Bonchev–Trinajstić information content (AvgIpc) is 2.21. The first-order valence-electron chi connectivity index (χ1n) is 5.01. The van der Waals surface area contributed by atoms with Crippen molar-refractivity contribution in [2.75, 3.05) is 20.1 Å². The Labute approximate surface area is 100 Å². The molecule has 0 heterocycles. The molecule has 1 rings (SSSR count). The number of nitrogens with zero attached hydrogens (tertiary/aromatic N) is 1. The number of likely N-dealkylation sites (N-methyl/N-ethyl adjacent to an activating group) is 1. The zero-order chi connectivity index (χ0) is 12.1. The Hall–Kier alpha value is -1.10. The molecule has 0 fully saturated rings. The van der Waals surface area contributed by atoms with Crippen LogP contribution in [0.1, 0.15) is 15.9 Å². The van der Waals surface area contributed by atoms with E-state index in [-0.39, 0.29) is 0 Å². The van der Waals surface area contributed by atoms with Crippen molar-refractivity contribution >= 4 is 17.5 Å². The van der Waals surface area contributed by atoms with Gasteiger partial charge < -0.3 is 16.4 Å². The molecule has 0 spiro atoms. The van der Waals surface area contributed by atoms with Gasteiger partial charge in [-0.2, -0.15) is 0 Å². The monoisotopic (exact) mass is 241 g/mol. The fourth-order valence-electron chi connectivity index (χ4n) is 1.42. The lowest BCUT2D eigenvalue weighted by molar-refractivity contribution is 0.100. The second-order valence-electron chi connectivity index (χ2n) is 3.70. The summed E-state index contributed by atoms with van der Waals surface area (Å²) >= 11 is 6.05. The largest absolute Gasteiger partial charge is 0.366 e. The Morgan fingerprint density at radius 1 is 1.50 bits per heavy atom. The third-order valence-corrected chi connectivity index (χ3v) is 2.64. The lowest BCUT2D eigenvalue weighted by atomic mass is 10.1. The van der Waals surface area contributed by atoms with Crippen LogP contribution >= 0.6 is 11.6 Å². The highest BCUT2D eigenvalue weighted by Crippen LogP contribution is 2.19. The van der Waals surface area contributed by atoms with Gasteiger partial charge in [-0.1, -0.05) is 17.7 Å². The maximum Gasteiger partial charge on any atom is 0.248 e. The van der Waals surface area contributed by atoms with Crippen molar-refractivity contribution < 1.29 is 4.79 Å². The Morgan fingerprint density at radius 2 is 2.19 bits per heavy atom. The number of halogens is 1. The van der Waals surface area contributed by atoms with Gasteiger partial charge >= 0.3 is 0 Å². The number of hydrogen-bond donors (Lipinski definition) is 2. The molecule has 1 amide bonds. The minimum absolute atomic E-state index is 0.426. The summed E-state index contributed by atoms with van der Waals surface area (Å²) in [6.07, 6.45) is 0. The van der Waals surface area contributed by atoms with Crippen LogP contribution in [0.5, 0.6) is 0 Å². The Kier molecular flexibility index (Phi) is 4.73. The molecular formula is C11H16ClN3O. The van der Waals surface area contributed by atoms with E-state index in [1.165, 1.54) is 0 Å². The molecule has 16 heavy (non-hydrogen) atoms. The summed E-state index contributed by atoms with van der Waals surface area (Å²) in [5.74, 6) is -0.469. The standard InChI is InChI=1S/C11H16ClN3O/c1-15(5-4-13)7-9-3-2-8(11(14)16)6-10(9)12/h2-3,6H,4-5,7,13H2,1H3,(H2,14,16). The van der Waals surface area contributed by atoms with Gasteiger partial charge in [0, 0.05) is 30.2 Å². The summed E-state index contributed by atoms with van der Waals surface area (Å²) in [6, 6.07) is 5.09. The number of primary amides is 1. The first-order chi connectivity index (χ1) is 7.54. The minimum Gasteiger partial charge on any atom is -0.366 e. The molecule has 0 aliphatic heterocycles. The number of carbonyl (C=O) groups is 1. The summed E-state index contributed by atoms with van der Waals surface area (Å²) in [7, 11) is 1.96. The third kappa shape index (κ3) is 3.48. The molecular weight excluding hydrogens is 226 g/mol. The molecule has 0 radical (unpaired) electrons. The summed E-state index contributed by atoms with van der Waals surface area (Å²) in [6.45, 7) is 2.11. The number of benzene rings is 1. The first-order valence-corrected chi connectivity index (χ1v) is 5.39. The van der Waals surface area contributed by atoms with Gasteiger partial charge in [-0.3, -0.25) is 4.79 Å². The lowest BCUT2D eigenvalue weighted by Gasteiger charge is -2.16. The predicted octanol–water partition coefficient (Wildman–Crippen LogP) is 0.829. The van der Waals surface area contributed by atoms with Gasteiger partial charge in [-0.05, 0) is 24.7 Å². The lowest BCUT2D eigenvalue weighted by Crippen LogP contribution is -2.25. The minimum atomic E-state index is -0.469. The highest BCUT2D eigenvalue weighted by Gasteiger charge is 2.07. The fraction of sp³-hybridized carbons (Fsp3) is 0.364. The summed E-state index contributed by atoms with van der Waals surface area (Å²) in [4.78, 5) is 13.0. The van der Waals surface area contributed by atoms with Gasteiger partial charge in [0.25, 0.3) is 0 Å². The van der Waals surface area contributed by atoms with Crippen LogP contribution in [-0.2, 0) is 6.54 Å². The number of rotatable bonds is 5. The van der Waals surface area contributed by atoms with Crippen LogP contribution in [0.2, 0.25) is 5.02 Å². The van der Waals surface area contributed by atoms with Crippen LogP contribution in [0.25, 0.3) is 0 Å². The van der Waals surface area contributed by atoms with Crippen LogP contribution in [0.15, 0.2) is 18.2 Å². The maximum absolute atomic E-state index is 10.9. The van der Waals surface area contributed by atoms with E-state index in [9.17, 15) is 4.79 Å². The molecule has 0 saturated heterocycles. The van der Waals surface area contributed by atoms with E-state index in [0.29, 0.717) is 23.7 Å². The SMILES string of the molecule is CN(CCN)Cc1ccc(C(N)=O)cc1Cl. The molecule has 0 aromatic heterocycles. The molecule has 5 heteroatoms. The molecule has 4 N–H and O–H groups in total. The average molecular weight is 242 g/mol. The van der Waals surface area contributed by atoms with Crippen LogP contribution < -0.4 is 11.5 Å². The zero-order valence-electron chi connectivity index (χ0n) is 9.24.